The number of aromatic nitrogens is 1. The molecule has 0 unspecified atom stereocenters. The maximum absolute atomic E-state index is 4.35. The Kier molecular flexibility index (Phi) is 3.23. The predicted octanol–water partition coefficient (Wildman–Crippen LogP) is 3.95. The molecule has 1 aromatic heterocycles. The van der Waals surface area contributed by atoms with E-state index in [0.717, 1.165) is 5.69 Å². The van der Waals surface area contributed by atoms with Gasteiger partial charge in [-0.3, -0.25) is 4.98 Å². The van der Waals surface area contributed by atoms with Gasteiger partial charge in [-0.1, -0.05) is 12.1 Å². The zero-order valence-electron chi connectivity index (χ0n) is 12.3. The van der Waals surface area contributed by atoms with E-state index in [4.69, 9.17) is 0 Å². The third-order valence-corrected chi connectivity index (χ3v) is 4.49. The standard InChI is InChI=1S/C19H20N2/c1-2-10-20-18(7-1)9-8-15-13-16-5-3-11-21-12-4-6-17(14-15)19(16)21/h1-2,7-10,13-14H,3-6,11-12H2/b9-8+. The topological polar surface area (TPSA) is 16.1 Å². The molecule has 106 valence electrons. The molecule has 2 nitrogen and oxygen atoms in total. The van der Waals surface area contributed by atoms with Crippen molar-refractivity contribution >= 4 is 17.8 Å². The van der Waals surface area contributed by atoms with Crippen molar-refractivity contribution in [2.75, 3.05) is 18.0 Å². The van der Waals surface area contributed by atoms with Gasteiger partial charge in [0.15, 0.2) is 0 Å². The highest BCUT2D eigenvalue weighted by Gasteiger charge is 2.23. The molecular formula is C19H20N2. The zero-order valence-corrected chi connectivity index (χ0v) is 12.3. The van der Waals surface area contributed by atoms with Crippen LogP contribution in [0.2, 0.25) is 0 Å². The lowest BCUT2D eigenvalue weighted by atomic mass is 9.90. The van der Waals surface area contributed by atoms with Gasteiger partial charge in [-0.05, 0) is 72.7 Å². The molecule has 1 aromatic carbocycles. The molecule has 0 N–H and O–H groups in total. The number of benzene rings is 1. The summed E-state index contributed by atoms with van der Waals surface area (Å²) in [6.45, 7) is 2.48. The van der Waals surface area contributed by atoms with Gasteiger partial charge in [0, 0.05) is 25.0 Å². The maximum atomic E-state index is 4.35. The Labute approximate surface area is 126 Å². The van der Waals surface area contributed by atoms with E-state index in [1.165, 1.54) is 44.3 Å². The van der Waals surface area contributed by atoms with Crippen LogP contribution in [-0.4, -0.2) is 18.1 Å². The first-order valence-electron chi connectivity index (χ1n) is 7.90. The number of aryl methyl sites for hydroxylation is 2. The summed E-state index contributed by atoms with van der Waals surface area (Å²) in [5.74, 6) is 0. The smallest absolute Gasteiger partial charge is 0.0629 e. The van der Waals surface area contributed by atoms with Crippen LogP contribution in [0.3, 0.4) is 0 Å². The lowest BCUT2D eigenvalue weighted by molar-refractivity contribution is 0.634. The monoisotopic (exact) mass is 276 g/mol. The van der Waals surface area contributed by atoms with Crippen LogP contribution in [0.5, 0.6) is 0 Å². The Morgan fingerprint density at radius 3 is 2.38 bits per heavy atom. The molecule has 2 heteroatoms. The first kappa shape index (κ1) is 12.6. The minimum absolute atomic E-state index is 1.02. The van der Waals surface area contributed by atoms with Gasteiger partial charge >= 0.3 is 0 Å². The minimum atomic E-state index is 1.02. The van der Waals surface area contributed by atoms with Gasteiger partial charge in [0.25, 0.3) is 0 Å². The molecule has 0 saturated carbocycles. The van der Waals surface area contributed by atoms with Crippen LogP contribution in [0.15, 0.2) is 36.5 Å². The van der Waals surface area contributed by atoms with Gasteiger partial charge in [-0.25, -0.2) is 0 Å². The van der Waals surface area contributed by atoms with E-state index in [9.17, 15) is 0 Å². The third-order valence-electron chi connectivity index (χ3n) is 4.49. The largest absolute Gasteiger partial charge is 0.371 e. The van der Waals surface area contributed by atoms with Gasteiger partial charge < -0.3 is 4.90 Å². The van der Waals surface area contributed by atoms with Gasteiger partial charge in [0.05, 0.1) is 5.69 Å². The fraction of sp³-hybridized carbons (Fsp3) is 0.316. The fourth-order valence-corrected chi connectivity index (χ4v) is 3.58. The van der Waals surface area contributed by atoms with E-state index in [-0.39, 0.29) is 0 Å². The van der Waals surface area contributed by atoms with Crippen LogP contribution < -0.4 is 4.90 Å². The van der Waals surface area contributed by atoms with E-state index in [1.807, 2.05) is 24.4 Å². The number of anilines is 1. The van der Waals surface area contributed by atoms with E-state index in [1.54, 1.807) is 16.8 Å². The maximum Gasteiger partial charge on any atom is 0.0629 e. The summed E-state index contributed by atoms with van der Waals surface area (Å²) in [6, 6.07) is 10.8. The summed E-state index contributed by atoms with van der Waals surface area (Å²) in [5, 5.41) is 0. The van der Waals surface area contributed by atoms with Crippen LogP contribution in [0.4, 0.5) is 5.69 Å². The highest BCUT2D eigenvalue weighted by atomic mass is 15.1. The predicted molar refractivity (Wildman–Crippen MR) is 88.5 cm³/mol. The van der Waals surface area contributed by atoms with Gasteiger partial charge in [-0.2, -0.15) is 0 Å². The van der Waals surface area contributed by atoms with Crippen molar-refractivity contribution in [1.29, 1.82) is 0 Å². The Bertz CT molecular complexity index is 642. The first-order valence-corrected chi connectivity index (χ1v) is 7.90. The molecule has 3 heterocycles. The molecule has 2 aromatic rings. The molecule has 0 saturated heterocycles. The van der Waals surface area contributed by atoms with E-state index in [2.05, 4.69) is 34.2 Å². The number of rotatable bonds is 2. The molecule has 0 radical (unpaired) electrons. The molecule has 0 atom stereocenters. The van der Waals surface area contributed by atoms with Crippen molar-refractivity contribution in [3.63, 3.8) is 0 Å². The summed E-state index contributed by atoms with van der Waals surface area (Å²) in [7, 11) is 0. The normalized spacial score (nSPS) is 17.0. The molecule has 0 spiro atoms. The minimum Gasteiger partial charge on any atom is -0.371 e. The lowest BCUT2D eigenvalue weighted by Gasteiger charge is -2.37. The van der Waals surface area contributed by atoms with E-state index >= 15 is 0 Å². The molecule has 21 heavy (non-hydrogen) atoms. The van der Waals surface area contributed by atoms with Crippen molar-refractivity contribution in [2.45, 2.75) is 25.7 Å². The Morgan fingerprint density at radius 1 is 0.952 bits per heavy atom. The van der Waals surface area contributed by atoms with Crippen molar-refractivity contribution in [2.24, 2.45) is 0 Å². The second-order valence-corrected chi connectivity index (χ2v) is 5.97. The van der Waals surface area contributed by atoms with Crippen molar-refractivity contribution in [1.82, 2.24) is 4.98 Å². The Balaban J connectivity index is 1.70. The van der Waals surface area contributed by atoms with Crippen LogP contribution in [-0.2, 0) is 12.8 Å². The molecule has 0 amide bonds. The van der Waals surface area contributed by atoms with Gasteiger partial charge in [-0.15, -0.1) is 0 Å². The third kappa shape index (κ3) is 2.46. The summed E-state index contributed by atoms with van der Waals surface area (Å²) < 4.78 is 0. The highest BCUT2D eigenvalue weighted by Crippen LogP contribution is 2.36. The van der Waals surface area contributed by atoms with Crippen molar-refractivity contribution < 1.29 is 0 Å². The second kappa shape index (κ2) is 5.36. The average Bonchev–Trinajstić information content (AvgIpc) is 2.54. The second-order valence-electron chi connectivity index (χ2n) is 5.97. The van der Waals surface area contributed by atoms with Crippen LogP contribution >= 0.6 is 0 Å². The van der Waals surface area contributed by atoms with Crippen LogP contribution in [0.1, 0.15) is 35.2 Å². The lowest BCUT2D eigenvalue weighted by Crippen LogP contribution is -2.34. The number of hydrogen-bond donors (Lipinski definition) is 0. The molecule has 4 rings (SSSR count). The highest BCUT2D eigenvalue weighted by molar-refractivity contribution is 5.73. The first-order chi connectivity index (χ1) is 10.4. The molecule has 2 aliphatic rings. The van der Waals surface area contributed by atoms with E-state index in [0.29, 0.717) is 0 Å². The summed E-state index contributed by atoms with van der Waals surface area (Å²) >= 11 is 0. The van der Waals surface area contributed by atoms with Crippen molar-refractivity contribution in [3.8, 4) is 0 Å². The van der Waals surface area contributed by atoms with E-state index < -0.39 is 0 Å². The zero-order chi connectivity index (χ0) is 14.1. The molecule has 2 aliphatic heterocycles. The summed E-state index contributed by atoms with van der Waals surface area (Å²) in [5.41, 5.74) is 6.96. The SMILES string of the molecule is C(=C\c1ccccn1)/c1cc2c3c(c1)CCCN3CCC2. The molecular weight excluding hydrogens is 256 g/mol. The average molecular weight is 276 g/mol. The van der Waals surface area contributed by atoms with Gasteiger partial charge in [0.1, 0.15) is 0 Å². The molecule has 0 bridgehead atoms. The quantitative estimate of drug-likeness (QED) is 0.825. The summed E-state index contributed by atoms with van der Waals surface area (Å²) in [4.78, 5) is 6.94. The Hall–Kier alpha value is -2.09. The molecule has 0 aliphatic carbocycles. The van der Waals surface area contributed by atoms with Gasteiger partial charge in [0.2, 0.25) is 0 Å². The number of hydrogen-bond acceptors (Lipinski definition) is 2. The number of pyridine rings is 1. The van der Waals surface area contributed by atoms with Crippen molar-refractivity contribution in [3.05, 3.63) is 58.9 Å². The number of nitrogens with zero attached hydrogens (tertiary/aromatic N) is 2. The van der Waals surface area contributed by atoms with Crippen LogP contribution in [0, 0.1) is 0 Å². The fourth-order valence-electron chi connectivity index (χ4n) is 3.58. The molecule has 0 fully saturated rings. The Morgan fingerprint density at radius 2 is 1.71 bits per heavy atom. The summed E-state index contributed by atoms with van der Waals surface area (Å²) in [6.07, 6.45) is 11.2. The van der Waals surface area contributed by atoms with Crippen LogP contribution in [0.25, 0.3) is 12.2 Å².